The molecule has 12 heteroatoms. The van der Waals surface area contributed by atoms with Gasteiger partial charge in [0.1, 0.15) is 12.7 Å². The molecule has 0 atom stereocenters. The zero-order valence-corrected chi connectivity index (χ0v) is 18.4. The Balaban J connectivity index is 2.08. The van der Waals surface area contributed by atoms with Crippen molar-refractivity contribution in [2.45, 2.75) is 24.9 Å². The number of aromatic nitrogens is 3. The van der Waals surface area contributed by atoms with Crippen molar-refractivity contribution in [1.82, 2.24) is 19.1 Å². The SMILES string of the molecule is Cc1cc(C(=O)Nc2cc(C(F)(F)F)ccc2-n2cncn2)cc(S(=O)(=O)N(C)C)c1C. The van der Waals surface area contributed by atoms with E-state index in [4.69, 9.17) is 0 Å². The largest absolute Gasteiger partial charge is 0.416 e. The summed E-state index contributed by atoms with van der Waals surface area (Å²) in [5.74, 6) is -0.774. The lowest BCUT2D eigenvalue weighted by Gasteiger charge is -2.17. The molecule has 0 saturated carbocycles. The van der Waals surface area contributed by atoms with E-state index in [1.165, 1.54) is 43.6 Å². The quantitative estimate of drug-likeness (QED) is 0.620. The Hall–Kier alpha value is -3.25. The minimum absolute atomic E-state index is 0.0181. The Bertz CT molecular complexity index is 1270. The lowest BCUT2D eigenvalue weighted by Crippen LogP contribution is -2.24. The Morgan fingerprint density at radius 2 is 1.81 bits per heavy atom. The fourth-order valence-corrected chi connectivity index (χ4v) is 4.18. The summed E-state index contributed by atoms with van der Waals surface area (Å²) < 4.78 is 67.3. The molecule has 2 aromatic carbocycles. The van der Waals surface area contributed by atoms with Crippen molar-refractivity contribution in [3.63, 3.8) is 0 Å². The fraction of sp³-hybridized carbons (Fsp3) is 0.250. The first kappa shape index (κ1) is 23.4. The molecule has 32 heavy (non-hydrogen) atoms. The topological polar surface area (TPSA) is 97.2 Å². The highest BCUT2D eigenvalue weighted by Crippen LogP contribution is 2.33. The van der Waals surface area contributed by atoms with Crippen molar-refractivity contribution < 1.29 is 26.4 Å². The molecule has 170 valence electrons. The van der Waals surface area contributed by atoms with Gasteiger partial charge in [-0.15, -0.1) is 0 Å². The van der Waals surface area contributed by atoms with Crippen LogP contribution in [-0.4, -0.2) is 47.5 Å². The number of aryl methyl sites for hydroxylation is 1. The third kappa shape index (κ3) is 4.50. The number of nitrogens with one attached hydrogen (secondary N) is 1. The van der Waals surface area contributed by atoms with Gasteiger partial charge >= 0.3 is 6.18 Å². The maximum atomic E-state index is 13.2. The van der Waals surface area contributed by atoms with E-state index in [2.05, 4.69) is 15.4 Å². The molecule has 1 N–H and O–H groups in total. The molecular weight excluding hydrogens is 447 g/mol. The number of sulfonamides is 1. The van der Waals surface area contributed by atoms with Crippen LogP contribution in [0.2, 0.25) is 0 Å². The zero-order valence-electron chi connectivity index (χ0n) is 17.6. The van der Waals surface area contributed by atoms with Gasteiger partial charge in [-0.3, -0.25) is 4.79 Å². The standard InChI is InChI=1S/C20H20F3N5O3S/c1-12-7-14(8-18(13(12)2)32(30,31)27(3)4)19(29)26-16-9-15(20(21,22)23)5-6-17(16)28-11-24-10-25-28/h5-11H,1-4H3,(H,26,29). The first-order chi connectivity index (χ1) is 14.8. The first-order valence-electron chi connectivity index (χ1n) is 9.23. The summed E-state index contributed by atoms with van der Waals surface area (Å²) in [4.78, 5) is 16.7. The molecule has 0 unspecified atom stereocenters. The average molecular weight is 467 g/mol. The maximum absolute atomic E-state index is 13.2. The second-order valence-corrected chi connectivity index (χ2v) is 9.35. The number of hydrogen-bond donors (Lipinski definition) is 1. The van der Waals surface area contributed by atoms with Crippen LogP contribution in [0.3, 0.4) is 0 Å². The maximum Gasteiger partial charge on any atom is 0.416 e. The van der Waals surface area contributed by atoms with Gasteiger partial charge in [-0.25, -0.2) is 22.4 Å². The highest BCUT2D eigenvalue weighted by Gasteiger charge is 2.31. The highest BCUT2D eigenvalue weighted by atomic mass is 32.2. The number of carbonyl (C=O) groups excluding carboxylic acids is 1. The van der Waals surface area contributed by atoms with Crippen molar-refractivity contribution in [2.24, 2.45) is 0 Å². The fourth-order valence-electron chi connectivity index (χ4n) is 2.96. The summed E-state index contributed by atoms with van der Waals surface area (Å²) in [6.07, 6.45) is -2.16. The molecule has 0 fully saturated rings. The van der Waals surface area contributed by atoms with Crippen LogP contribution in [-0.2, 0) is 16.2 Å². The van der Waals surface area contributed by atoms with E-state index in [1.54, 1.807) is 13.8 Å². The second kappa shape index (κ2) is 8.36. The van der Waals surface area contributed by atoms with Gasteiger partial charge in [0, 0.05) is 19.7 Å². The molecular formula is C20H20F3N5O3S. The zero-order chi connectivity index (χ0) is 23.8. The van der Waals surface area contributed by atoms with E-state index in [9.17, 15) is 26.4 Å². The molecule has 1 amide bonds. The van der Waals surface area contributed by atoms with Crippen LogP contribution >= 0.6 is 0 Å². The van der Waals surface area contributed by atoms with E-state index >= 15 is 0 Å². The van der Waals surface area contributed by atoms with Gasteiger partial charge in [0.15, 0.2) is 0 Å². The lowest BCUT2D eigenvalue weighted by molar-refractivity contribution is -0.137. The van der Waals surface area contributed by atoms with Crippen LogP contribution in [0.25, 0.3) is 5.69 Å². The van der Waals surface area contributed by atoms with Gasteiger partial charge in [0.05, 0.1) is 21.8 Å². The number of nitrogens with zero attached hydrogens (tertiary/aromatic N) is 4. The van der Waals surface area contributed by atoms with Crippen LogP contribution in [0.5, 0.6) is 0 Å². The number of rotatable bonds is 5. The van der Waals surface area contributed by atoms with E-state index < -0.39 is 27.7 Å². The molecule has 0 aliphatic heterocycles. The summed E-state index contributed by atoms with van der Waals surface area (Å²) in [6.45, 7) is 3.26. The van der Waals surface area contributed by atoms with Crippen LogP contribution in [0.15, 0.2) is 47.9 Å². The number of benzene rings is 2. The van der Waals surface area contributed by atoms with E-state index in [-0.39, 0.29) is 21.8 Å². The lowest BCUT2D eigenvalue weighted by atomic mass is 10.1. The molecule has 0 radical (unpaired) electrons. The number of hydrogen-bond acceptors (Lipinski definition) is 5. The van der Waals surface area contributed by atoms with Crippen LogP contribution in [0, 0.1) is 13.8 Å². The first-order valence-corrected chi connectivity index (χ1v) is 10.7. The van der Waals surface area contributed by atoms with Crippen LogP contribution in [0.1, 0.15) is 27.0 Å². The molecule has 8 nitrogen and oxygen atoms in total. The number of carbonyl (C=O) groups is 1. The third-order valence-corrected chi connectivity index (χ3v) is 6.82. The summed E-state index contributed by atoms with van der Waals surface area (Å²) in [6, 6.07) is 5.49. The summed E-state index contributed by atoms with van der Waals surface area (Å²) >= 11 is 0. The number of anilines is 1. The van der Waals surface area contributed by atoms with Gasteiger partial charge in [-0.1, -0.05) is 0 Å². The van der Waals surface area contributed by atoms with E-state index in [0.717, 1.165) is 22.5 Å². The number of alkyl halides is 3. The van der Waals surface area contributed by atoms with Gasteiger partial charge in [0.25, 0.3) is 5.91 Å². The van der Waals surface area contributed by atoms with Crippen molar-refractivity contribution in [2.75, 3.05) is 19.4 Å². The van der Waals surface area contributed by atoms with Gasteiger partial charge in [-0.2, -0.15) is 18.3 Å². The van der Waals surface area contributed by atoms with Crippen molar-refractivity contribution in [3.8, 4) is 5.69 Å². The van der Waals surface area contributed by atoms with E-state index in [0.29, 0.717) is 11.1 Å². The molecule has 0 aliphatic rings. The van der Waals surface area contributed by atoms with Crippen molar-refractivity contribution in [3.05, 3.63) is 65.2 Å². The Morgan fingerprint density at radius 1 is 1.12 bits per heavy atom. The molecule has 0 spiro atoms. The molecule has 1 heterocycles. The van der Waals surface area contributed by atoms with Crippen molar-refractivity contribution >= 4 is 21.6 Å². The predicted octanol–water partition coefficient (Wildman–Crippen LogP) is 3.41. The van der Waals surface area contributed by atoms with Crippen molar-refractivity contribution in [1.29, 1.82) is 0 Å². The Labute approximate surface area is 182 Å². The molecule has 1 aromatic heterocycles. The van der Waals surface area contributed by atoms with E-state index in [1.807, 2.05) is 0 Å². The minimum Gasteiger partial charge on any atom is -0.320 e. The van der Waals surface area contributed by atoms with Crippen LogP contribution in [0.4, 0.5) is 18.9 Å². The molecule has 0 aliphatic carbocycles. The number of halogens is 3. The van der Waals surface area contributed by atoms with Crippen LogP contribution < -0.4 is 5.32 Å². The minimum atomic E-state index is -4.63. The molecule has 3 aromatic rings. The van der Waals surface area contributed by atoms with Gasteiger partial charge in [0.2, 0.25) is 10.0 Å². The third-order valence-electron chi connectivity index (χ3n) is 4.88. The summed E-state index contributed by atoms with van der Waals surface area (Å²) in [7, 11) is -1.12. The summed E-state index contributed by atoms with van der Waals surface area (Å²) in [5.41, 5.74) is 0.0266. The highest BCUT2D eigenvalue weighted by molar-refractivity contribution is 7.89. The monoisotopic (exact) mass is 467 g/mol. The second-order valence-electron chi connectivity index (χ2n) is 7.23. The smallest absolute Gasteiger partial charge is 0.320 e. The van der Waals surface area contributed by atoms with Gasteiger partial charge in [-0.05, 0) is 55.3 Å². The average Bonchev–Trinajstić information content (AvgIpc) is 3.23. The molecule has 0 bridgehead atoms. The Morgan fingerprint density at radius 3 is 2.38 bits per heavy atom. The Kier molecular flexibility index (Phi) is 6.11. The summed E-state index contributed by atoms with van der Waals surface area (Å²) in [5, 5.41) is 6.34. The normalized spacial score (nSPS) is 12.2. The predicted molar refractivity (Wildman–Crippen MR) is 111 cm³/mol. The molecule has 0 saturated heterocycles. The van der Waals surface area contributed by atoms with Gasteiger partial charge < -0.3 is 5.32 Å². The number of amides is 1. The molecule has 3 rings (SSSR count).